The first kappa shape index (κ1) is 14.0. The van der Waals surface area contributed by atoms with Gasteiger partial charge in [-0.2, -0.15) is 0 Å². The van der Waals surface area contributed by atoms with E-state index in [0.29, 0.717) is 19.4 Å². The van der Waals surface area contributed by atoms with E-state index in [1.165, 1.54) is 0 Å². The molecule has 0 heterocycles. The molecule has 0 atom stereocenters. The Morgan fingerprint density at radius 2 is 1.94 bits per heavy atom. The number of hydrogen-bond acceptors (Lipinski definition) is 2. The highest BCUT2D eigenvalue weighted by molar-refractivity contribution is 5.85. The number of amides is 1. The fourth-order valence-corrected chi connectivity index (χ4v) is 2.28. The molecule has 98 valence electrons. The maximum atomic E-state index is 12.1. The molecular weight excluding hydrogens is 218 g/mol. The second-order valence-electron chi connectivity index (χ2n) is 4.94. The van der Waals surface area contributed by atoms with Gasteiger partial charge in [-0.05, 0) is 26.2 Å². The van der Waals surface area contributed by atoms with Gasteiger partial charge in [-0.3, -0.25) is 9.59 Å². The van der Waals surface area contributed by atoms with Crippen molar-refractivity contribution < 1.29 is 14.7 Å². The van der Waals surface area contributed by atoms with E-state index in [1.807, 2.05) is 6.92 Å². The lowest BCUT2D eigenvalue weighted by molar-refractivity contribution is -0.159. The Kier molecular flexibility index (Phi) is 4.97. The largest absolute Gasteiger partial charge is 0.481 e. The van der Waals surface area contributed by atoms with Gasteiger partial charge >= 0.3 is 5.97 Å². The van der Waals surface area contributed by atoms with Crippen LogP contribution in [0.25, 0.3) is 0 Å². The molecule has 0 aromatic carbocycles. The van der Waals surface area contributed by atoms with Gasteiger partial charge in [-0.25, -0.2) is 0 Å². The van der Waals surface area contributed by atoms with Gasteiger partial charge in [0.15, 0.2) is 0 Å². The highest BCUT2D eigenvalue weighted by atomic mass is 16.4. The smallest absolute Gasteiger partial charge is 0.310 e. The van der Waals surface area contributed by atoms with Crippen molar-refractivity contribution in [1.29, 1.82) is 0 Å². The third kappa shape index (κ3) is 3.20. The summed E-state index contributed by atoms with van der Waals surface area (Å²) >= 11 is 0. The highest BCUT2D eigenvalue weighted by Gasteiger charge is 2.46. The summed E-state index contributed by atoms with van der Waals surface area (Å²) in [6, 6.07) is 0. The van der Waals surface area contributed by atoms with Gasteiger partial charge in [-0.15, -0.1) is 0 Å². The second-order valence-corrected chi connectivity index (χ2v) is 4.94. The van der Waals surface area contributed by atoms with Crippen LogP contribution >= 0.6 is 0 Å². The monoisotopic (exact) mass is 241 g/mol. The third-order valence-corrected chi connectivity index (χ3v) is 3.77. The Morgan fingerprint density at radius 3 is 2.29 bits per heavy atom. The zero-order valence-corrected chi connectivity index (χ0v) is 10.9. The van der Waals surface area contributed by atoms with Crippen LogP contribution in [0, 0.1) is 5.41 Å². The number of carbonyl (C=O) groups is 2. The Hall–Kier alpha value is -1.06. The zero-order valence-electron chi connectivity index (χ0n) is 10.9. The molecule has 0 unspecified atom stereocenters. The average Bonchev–Trinajstić information content (AvgIpc) is 2.24. The maximum absolute atomic E-state index is 12.1. The number of aliphatic carboxylic acids is 1. The minimum absolute atomic E-state index is 0.00282. The van der Waals surface area contributed by atoms with Crippen LogP contribution in [0.5, 0.6) is 0 Å². The van der Waals surface area contributed by atoms with Crippen molar-refractivity contribution in [3.63, 3.8) is 0 Å². The van der Waals surface area contributed by atoms with Crippen molar-refractivity contribution in [2.75, 3.05) is 13.1 Å². The molecule has 0 saturated heterocycles. The predicted octanol–water partition coefficient (Wildman–Crippen LogP) is 2.28. The van der Waals surface area contributed by atoms with Crippen molar-refractivity contribution in [3.05, 3.63) is 0 Å². The average molecular weight is 241 g/mol. The van der Waals surface area contributed by atoms with Crippen molar-refractivity contribution in [1.82, 2.24) is 4.90 Å². The number of hydrogen-bond donors (Lipinski definition) is 1. The van der Waals surface area contributed by atoms with E-state index < -0.39 is 11.4 Å². The molecule has 1 aliphatic carbocycles. The van der Waals surface area contributed by atoms with Crippen LogP contribution in [0.4, 0.5) is 0 Å². The van der Waals surface area contributed by atoms with E-state index in [4.69, 9.17) is 0 Å². The molecule has 0 aromatic heterocycles. The van der Waals surface area contributed by atoms with Gasteiger partial charge in [0.25, 0.3) is 0 Å². The van der Waals surface area contributed by atoms with E-state index in [-0.39, 0.29) is 12.3 Å². The minimum Gasteiger partial charge on any atom is -0.481 e. The number of rotatable bonds is 7. The lowest BCUT2D eigenvalue weighted by Gasteiger charge is -2.38. The summed E-state index contributed by atoms with van der Waals surface area (Å²) in [5.41, 5.74) is -0.753. The first-order chi connectivity index (χ1) is 8.05. The Morgan fingerprint density at radius 1 is 1.29 bits per heavy atom. The molecule has 17 heavy (non-hydrogen) atoms. The normalized spacial score (nSPS) is 17.3. The molecule has 0 aliphatic heterocycles. The molecule has 1 rings (SSSR count). The summed E-state index contributed by atoms with van der Waals surface area (Å²) in [7, 11) is 0. The minimum atomic E-state index is -0.802. The number of carbonyl (C=O) groups excluding carboxylic acids is 1. The summed E-state index contributed by atoms with van der Waals surface area (Å²) in [5, 5.41) is 9.19. The first-order valence-electron chi connectivity index (χ1n) is 6.57. The van der Waals surface area contributed by atoms with Crippen molar-refractivity contribution in [3.8, 4) is 0 Å². The van der Waals surface area contributed by atoms with E-state index in [2.05, 4.69) is 6.92 Å². The second kappa shape index (κ2) is 6.03. The topological polar surface area (TPSA) is 57.6 Å². The van der Waals surface area contributed by atoms with E-state index in [1.54, 1.807) is 4.90 Å². The van der Waals surface area contributed by atoms with Crippen molar-refractivity contribution >= 4 is 11.9 Å². The van der Waals surface area contributed by atoms with Crippen LogP contribution < -0.4 is 0 Å². The van der Waals surface area contributed by atoms with Crippen LogP contribution in [0.15, 0.2) is 0 Å². The molecule has 0 radical (unpaired) electrons. The van der Waals surface area contributed by atoms with Gasteiger partial charge < -0.3 is 10.0 Å². The van der Waals surface area contributed by atoms with Gasteiger partial charge in [-0.1, -0.05) is 19.8 Å². The Labute approximate surface area is 103 Å². The van der Waals surface area contributed by atoms with Crippen molar-refractivity contribution in [2.24, 2.45) is 5.41 Å². The number of unbranched alkanes of at least 4 members (excludes halogenated alkanes) is 1. The van der Waals surface area contributed by atoms with E-state index in [9.17, 15) is 14.7 Å². The third-order valence-electron chi connectivity index (χ3n) is 3.77. The lowest BCUT2D eigenvalue weighted by Crippen LogP contribution is -2.44. The molecule has 4 heteroatoms. The number of carboxylic acids is 1. The molecule has 1 amide bonds. The molecule has 0 bridgehead atoms. The van der Waals surface area contributed by atoms with E-state index in [0.717, 1.165) is 25.8 Å². The maximum Gasteiger partial charge on any atom is 0.310 e. The fraction of sp³-hybridized carbons (Fsp3) is 0.846. The highest BCUT2D eigenvalue weighted by Crippen LogP contribution is 2.44. The van der Waals surface area contributed by atoms with Crippen molar-refractivity contribution in [2.45, 2.75) is 52.4 Å². The molecule has 1 N–H and O–H groups in total. The van der Waals surface area contributed by atoms with E-state index >= 15 is 0 Å². The van der Waals surface area contributed by atoms with Gasteiger partial charge in [0.05, 0.1) is 5.41 Å². The summed E-state index contributed by atoms with van der Waals surface area (Å²) in [4.78, 5) is 25.0. The molecule has 1 saturated carbocycles. The van der Waals surface area contributed by atoms with Crippen LogP contribution in [-0.2, 0) is 9.59 Å². The predicted molar refractivity (Wildman–Crippen MR) is 65.7 cm³/mol. The van der Waals surface area contributed by atoms with Crippen LogP contribution in [0.3, 0.4) is 0 Å². The summed E-state index contributed by atoms with van der Waals surface area (Å²) in [6.07, 6.45) is 4.45. The lowest BCUT2D eigenvalue weighted by atomic mass is 9.66. The molecule has 0 spiro atoms. The number of carboxylic acid groups (broad SMARTS) is 1. The number of nitrogens with zero attached hydrogens (tertiary/aromatic N) is 1. The van der Waals surface area contributed by atoms with Crippen LogP contribution in [0.1, 0.15) is 52.4 Å². The van der Waals surface area contributed by atoms with Gasteiger partial charge in [0, 0.05) is 19.5 Å². The fourth-order valence-electron chi connectivity index (χ4n) is 2.28. The molecule has 4 nitrogen and oxygen atoms in total. The summed E-state index contributed by atoms with van der Waals surface area (Å²) in [5.74, 6) is -0.799. The zero-order chi connectivity index (χ0) is 12.9. The van der Waals surface area contributed by atoms with Crippen LogP contribution in [-0.4, -0.2) is 35.0 Å². The van der Waals surface area contributed by atoms with Gasteiger partial charge in [0.2, 0.25) is 5.91 Å². The van der Waals surface area contributed by atoms with Gasteiger partial charge in [0.1, 0.15) is 0 Å². The quantitative estimate of drug-likeness (QED) is 0.744. The SMILES string of the molecule is CCCCN(CC)C(=O)CC1(C(=O)O)CCC1. The summed E-state index contributed by atoms with van der Waals surface area (Å²) < 4.78 is 0. The molecule has 1 aliphatic rings. The van der Waals surface area contributed by atoms with Crippen LogP contribution in [0.2, 0.25) is 0 Å². The molecular formula is C13H23NO3. The standard InChI is InChI=1S/C13H23NO3/c1-3-5-9-14(4-2)11(15)10-13(12(16)17)7-6-8-13/h3-10H2,1-2H3,(H,16,17). The molecule has 1 fully saturated rings. The Bertz CT molecular complexity index is 284. The summed E-state index contributed by atoms with van der Waals surface area (Å²) in [6.45, 7) is 5.46. The first-order valence-corrected chi connectivity index (χ1v) is 6.57. The molecule has 0 aromatic rings. The Balaban J connectivity index is 2.54.